The molecule has 36 heavy (non-hydrogen) atoms. The zero-order valence-corrected chi connectivity index (χ0v) is 20.8. The molecule has 2 saturated heterocycles. The molecule has 0 saturated carbocycles. The third-order valence-corrected chi connectivity index (χ3v) is 6.60. The van der Waals surface area contributed by atoms with E-state index in [1.807, 2.05) is 31.2 Å². The number of piperazine rings is 1. The Bertz CT molecular complexity index is 1090. The molecule has 4 amide bonds. The van der Waals surface area contributed by atoms with Crippen LogP contribution in [0, 0.1) is 5.82 Å². The summed E-state index contributed by atoms with van der Waals surface area (Å²) in [4.78, 5) is 43.1. The summed E-state index contributed by atoms with van der Waals surface area (Å²) in [7, 11) is 3.29. The van der Waals surface area contributed by atoms with E-state index in [-0.39, 0.29) is 43.3 Å². The standard InChI is InChI=1S/C26H32FN5O4/c1-4-5-22-25(34)30(15-19-6-10-20(27)11-7-19)16-23-31(22)24(33)17-29(2)32(23)26(35)28-14-18-8-12-21(36-3)13-9-18/h6-13,22-23H,4-5,14-17H2,1-3H3,(H,28,35)/t22-,23-/m0/s1. The highest BCUT2D eigenvalue weighted by atomic mass is 19.1. The minimum atomic E-state index is -0.660. The van der Waals surface area contributed by atoms with Crippen LogP contribution in [0.4, 0.5) is 9.18 Å². The lowest BCUT2D eigenvalue weighted by atomic mass is 10.0. The third kappa shape index (κ3) is 5.28. The fraction of sp³-hybridized carbons (Fsp3) is 0.423. The summed E-state index contributed by atoms with van der Waals surface area (Å²) in [6.45, 7) is 2.68. The van der Waals surface area contributed by atoms with Gasteiger partial charge in [-0.1, -0.05) is 37.6 Å². The average molecular weight is 498 g/mol. The number of ether oxygens (including phenoxy) is 1. The van der Waals surface area contributed by atoms with Crippen LogP contribution in [0.2, 0.25) is 0 Å². The smallest absolute Gasteiger partial charge is 0.334 e. The van der Waals surface area contributed by atoms with Crippen LogP contribution in [0.3, 0.4) is 0 Å². The molecular formula is C26H32FN5O4. The second kappa shape index (κ2) is 10.9. The zero-order valence-electron chi connectivity index (χ0n) is 20.8. The Kier molecular flexibility index (Phi) is 7.73. The number of fused-ring (bicyclic) bond motifs is 1. The molecule has 2 aliphatic rings. The van der Waals surface area contributed by atoms with Gasteiger partial charge in [-0.3, -0.25) is 9.59 Å². The number of rotatable bonds is 7. The van der Waals surface area contributed by atoms with Gasteiger partial charge in [-0.25, -0.2) is 19.2 Å². The van der Waals surface area contributed by atoms with Gasteiger partial charge in [0.05, 0.1) is 20.2 Å². The maximum Gasteiger partial charge on any atom is 0.334 e. The second-order valence-corrected chi connectivity index (χ2v) is 9.10. The van der Waals surface area contributed by atoms with Crippen molar-refractivity contribution in [2.24, 2.45) is 0 Å². The lowest BCUT2D eigenvalue weighted by molar-refractivity contribution is -0.188. The largest absolute Gasteiger partial charge is 0.497 e. The number of carbonyl (C=O) groups excluding carboxylic acids is 3. The van der Waals surface area contributed by atoms with E-state index < -0.39 is 12.2 Å². The first-order chi connectivity index (χ1) is 17.3. The predicted molar refractivity (Wildman–Crippen MR) is 131 cm³/mol. The normalized spacial score (nSPS) is 20.4. The highest BCUT2D eigenvalue weighted by Gasteiger charge is 2.50. The summed E-state index contributed by atoms with van der Waals surface area (Å²) in [5.41, 5.74) is 1.68. The fourth-order valence-corrected chi connectivity index (χ4v) is 4.81. The number of nitrogens with one attached hydrogen (secondary N) is 1. The molecule has 0 aromatic heterocycles. The Morgan fingerprint density at radius 2 is 1.75 bits per heavy atom. The second-order valence-electron chi connectivity index (χ2n) is 9.10. The molecule has 2 fully saturated rings. The van der Waals surface area contributed by atoms with Crippen LogP contribution in [-0.4, -0.2) is 77.1 Å². The number of nitrogens with zero attached hydrogens (tertiary/aromatic N) is 4. The number of urea groups is 1. The van der Waals surface area contributed by atoms with Crippen molar-refractivity contribution in [2.75, 3.05) is 27.2 Å². The van der Waals surface area contributed by atoms with Crippen molar-refractivity contribution >= 4 is 17.8 Å². The van der Waals surface area contributed by atoms with E-state index >= 15 is 0 Å². The number of halogens is 1. The van der Waals surface area contributed by atoms with Crippen LogP contribution in [0.25, 0.3) is 0 Å². The van der Waals surface area contributed by atoms with Crippen molar-refractivity contribution < 1.29 is 23.5 Å². The van der Waals surface area contributed by atoms with Gasteiger partial charge < -0.3 is 19.9 Å². The lowest BCUT2D eigenvalue weighted by Crippen LogP contribution is -2.75. The van der Waals surface area contributed by atoms with Crippen molar-refractivity contribution in [2.45, 2.75) is 45.1 Å². The van der Waals surface area contributed by atoms with Crippen LogP contribution in [-0.2, 0) is 22.7 Å². The molecule has 4 rings (SSSR count). The highest BCUT2D eigenvalue weighted by molar-refractivity contribution is 5.91. The van der Waals surface area contributed by atoms with Gasteiger partial charge in [0.2, 0.25) is 11.8 Å². The van der Waals surface area contributed by atoms with E-state index in [2.05, 4.69) is 5.32 Å². The third-order valence-electron chi connectivity index (χ3n) is 6.60. The Labute approximate surface area is 210 Å². The molecule has 2 atom stereocenters. The first-order valence-corrected chi connectivity index (χ1v) is 12.1. The van der Waals surface area contributed by atoms with E-state index in [4.69, 9.17) is 4.74 Å². The van der Waals surface area contributed by atoms with Crippen molar-refractivity contribution in [3.05, 3.63) is 65.5 Å². The molecule has 2 aliphatic heterocycles. The van der Waals surface area contributed by atoms with Crippen molar-refractivity contribution in [1.29, 1.82) is 0 Å². The van der Waals surface area contributed by atoms with Crippen molar-refractivity contribution in [3.8, 4) is 5.75 Å². The maximum absolute atomic E-state index is 13.4. The molecule has 0 radical (unpaired) electrons. The minimum absolute atomic E-state index is 0.00207. The van der Waals surface area contributed by atoms with Gasteiger partial charge in [0.25, 0.3) is 0 Å². The van der Waals surface area contributed by atoms with E-state index in [9.17, 15) is 18.8 Å². The number of amides is 4. The maximum atomic E-state index is 13.4. The summed E-state index contributed by atoms with van der Waals surface area (Å²) < 4.78 is 18.6. The molecule has 0 bridgehead atoms. The number of carbonyl (C=O) groups is 3. The molecule has 9 nitrogen and oxygen atoms in total. The summed E-state index contributed by atoms with van der Waals surface area (Å²) in [5, 5.41) is 6.06. The van der Waals surface area contributed by atoms with Crippen LogP contribution in [0.5, 0.6) is 5.75 Å². The monoisotopic (exact) mass is 497 g/mol. The molecule has 2 heterocycles. The molecule has 1 N–H and O–H groups in total. The van der Waals surface area contributed by atoms with Gasteiger partial charge in [-0.05, 0) is 41.8 Å². The van der Waals surface area contributed by atoms with Crippen LogP contribution >= 0.6 is 0 Å². The van der Waals surface area contributed by atoms with Gasteiger partial charge >= 0.3 is 6.03 Å². The number of hydrogen-bond acceptors (Lipinski definition) is 5. The molecule has 2 aromatic carbocycles. The van der Waals surface area contributed by atoms with Gasteiger partial charge in [-0.2, -0.15) is 0 Å². The van der Waals surface area contributed by atoms with Crippen LogP contribution in [0.1, 0.15) is 30.9 Å². The summed E-state index contributed by atoms with van der Waals surface area (Å²) in [6.07, 6.45) is 0.546. The van der Waals surface area contributed by atoms with Gasteiger partial charge in [-0.15, -0.1) is 0 Å². The van der Waals surface area contributed by atoms with Gasteiger partial charge in [0, 0.05) is 20.1 Å². The summed E-state index contributed by atoms with van der Waals surface area (Å²) >= 11 is 0. The van der Waals surface area contributed by atoms with E-state index in [0.717, 1.165) is 16.9 Å². The van der Waals surface area contributed by atoms with Crippen molar-refractivity contribution in [1.82, 2.24) is 25.1 Å². The lowest BCUT2D eigenvalue weighted by Gasteiger charge is -2.54. The van der Waals surface area contributed by atoms with Crippen LogP contribution < -0.4 is 10.1 Å². The fourth-order valence-electron chi connectivity index (χ4n) is 4.81. The molecule has 192 valence electrons. The summed E-state index contributed by atoms with van der Waals surface area (Å²) in [5.74, 6) is 0.0342. The number of methoxy groups -OCH3 is 1. The quantitative estimate of drug-likeness (QED) is 0.636. The Morgan fingerprint density at radius 3 is 2.39 bits per heavy atom. The van der Waals surface area contributed by atoms with E-state index in [1.165, 1.54) is 17.1 Å². The number of likely N-dealkylation sites (N-methyl/N-ethyl adjacent to an activating group) is 1. The van der Waals surface area contributed by atoms with E-state index in [0.29, 0.717) is 19.4 Å². The van der Waals surface area contributed by atoms with Gasteiger partial charge in [0.1, 0.15) is 23.8 Å². The SMILES string of the molecule is CCC[C@H]1C(=O)N(Cc2ccc(F)cc2)C[C@H]2N1C(=O)CN(C)N2C(=O)NCc1ccc(OC)cc1. The molecule has 0 unspecified atom stereocenters. The number of benzene rings is 2. The van der Waals surface area contributed by atoms with Gasteiger partial charge in [0.15, 0.2) is 0 Å². The molecule has 2 aromatic rings. The Hall–Kier alpha value is -3.66. The minimum Gasteiger partial charge on any atom is -0.497 e. The number of hydrogen-bond donors (Lipinski definition) is 1. The van der Waals surface area contributed by atoms with Crippen LogP contribution in [0.15, 0.2) is 48.5 Å². The van der Waals surface area contributed by atoms with E-state index in [1.54, 1.807) is 41.1 Å². The highest BCUT2D eigenvalue weighted by Crippen LogP contribution is 2.29. The topological polar surface area (TPSA) is 85.4 Å². The number of hydrazine groups is 1. The Balaban J connectivity index is 1.56. The molecule has 10 heteroatoms. The first-order valence-electron chi connectivity index (χ1n) is 12.1. The molecule has 0 aliphatic carbocycles. The molecular weight excluding hydrogens is 465 g/mol. The van der Waals surface area contributed by atoms with Crippen molar-refractivity contribution in [3.63, 3.8) is 0 Å². The Morgan fingerprint density at radius 1 is 1.08 bits per heavy atom. The molecule has 0 spiro atoms. The first kappa shape index (κ1) is 25.4. The predicted octanol–water partition coefficient (Wildman–Crippen LogP) is 2.57. The average Bonchev–Trinajstić information content (AvgIpc) is 2.86. The summed E-state index contributed by atoms with van der Waals surface area (Å²) in [6, 6.07) is 12.4. The zero-order chi connectivity index (χ0) is 25.8.